The van der Waals surface area contributed by atoms with Crippen molar-refractivity contribution in [2.24, 2.45) is 0 Å². The summed E-state index contributed by atoms with van der Waals surface area (Å²) >= 11 is 0. The molecule has 0 radical (unpaired) electrons. The Kier molecular flexibility index (Phi) is 5.90. The summed E-state index contributed by atoms with van der Waals surface area (Å²) < 4.78 is 5.49. The van der Waals surface area contributed by atoms with E-state index in [0.717, 1.165) is 32.7 Å². The Labute approximate surface area is 148 Å². The normalized spacial score (nSPS) is 15.1. The maximum absolute atomic E-state index is 12.3. The number of hydrogen-bond donors (Lipinski definition) is 1. The van der Waals surface area contributed by atoms with E-state index in [1.807, 2.05) is 11.0 Å². The molecule has 0 aliphatic carbocycles. The van der Waals surface area contributed by atoms with E-state index in [1.54, 1.807) is 24.3 Å². The predicted molar refractivity (Wildman–Crippen MR) is 96.5 cm³/mol. The van der Waals surface area contributed by atoms with Crippen molar-refractivity contribution in [2.75, 3.05) is 32.8 Å². The first-order valence-corrected chi connectivity index (χ1v) is 8.67. The minimum atomic E-state index is 0.101. The molecule has 132 valence electrons. The second kappa shape index (κ2) is 8.53. The van der Waals surface area contributed by atoms with E-state index in [2.05, 4.69) is 29.2 Å². The summed E-state index contributed by atoms with van der Waals surface area (Å²) in [5.41, 5.74) is 1.30. The molecule has 1 aliphatic heterocycles. The van der Waals surface area contributed by atoms with Crippen molar-refractivity contribution in [1.82, 2.24) is 9.80 Å². The Morgan fingerprint density at radius 3 is 2.36 bits per heavy atom. The number of ether oxygens (including phenoxy) is 1. The molecule has 0 unspecified atom stereocenters. The highest BCUT2D eigenvalue weighted by Gasteiger charge is 2.21. The molecule has 25 heavy (non-hydrogen) atoms. The van der Waals surface area contributed by atoms with Gasteiger partial charge >= 0.3 is 0 Å². The Balaban J connectivity index is 1.39. The lowest BCUT2D eigenvalue weighted by molar-refractivity contribution is -0.133. The van der Waals surface area contributed by atoms with E-state index in [-0.39, 0.29) is 18.3 Å². The quantitative estimate of drug-likeness (QED) is 0.878. The number of phenols is 1. The first kappa shape index (κ1) is 17.3. The minimum Gasteiger partial charge on any atom is -0.504 e. The van der Waals surface area contributed by atoms with E-state index in [1.165, 1.54) is 5.56 Å². The van der Waals surface area contributed by atoms with Crippen LogP contribution in [-0.2, 0) is 11.3 Å². The summed E-state index contributed by atoms with van der Waals surface area (Å²) in [5, 5.41) is 9.65. The maximum atomic E-state index is 12.3. The van der Waals surface area contributed by atoms with Crippen LogP contribution in [0.2, 0.25) is 0 Å². The fourth-order valence-electron chi connectivity index (χ4n) is 2.98. The Morgan fingerprint density at radius 2 is 1.64 bits per heavy atom. The first-order chi connectivity index (χ1) is 12.2. The van der Waals surface area contributed by atoms with Gasteiger partial charge in [-0.05, 0) is 17.7 Å². The van der Waals surface area contributed by atoms with Crippen molar-refractivity contribution >= 4 is 5.91 Å². The van der Waals surface area contributed by atoms with Crippen LogP contribution in [0.3, 0.4) is 0 Å². The number of phenolic OH excluding ortho intramolecular Hbond substituents is 1. The van der Waals surface area contributed by atoms with Crippen LogP contribution in [0.1, 0.15) is 12.0 Å². The van der Waals surface area contributed by atoms with Gasteiger partial charge in [0.1, 0.15) is 0 Å². The fourth-order valence-corrected chi connectivity index (χ4v) is 2.98. The van der Waals surface area contributed by atoms with E-state index in [9.17, 15) is 9.90 Å². The number of carbonyl (C=O) groups is 1. The molecule has 1 heterocycles. The molecule has 0 spiro atoms. The number of rotatable bonds is 6. The third-order valence-corrected chi connectivity index (χ3v) is 4.41. The van der Waals surface area contributed by atoms with E-state index >= 15 is 0 Å². The van der Waals surface area contributed by atoms with Crippen LogP contribution in [-0.4, -0.2) is 53.6 Å². The van der Waals surface area contributed by atoms with Crippen LogP contribution in [0.5, 0.6) is 11.5 Å². The van der Waals surface area contributed by atoms with Crippen molar-refractivity contribution in [1.29, 1.82) is 0 Å². The number of piperazine rings is 1. The van der Waals surface area contributed by atoms with Crippen LogP contribution >= 0.6 is 0 Å². The Hall–Kier alpha value is -2.53. The molecule has 5 nitrogen and oxygen atoms in total. The smallest absolute Gasteiger partial charge is 0.226 e. The van der Waals surface area contributed by atoms with Gasteiger partial charge in [-0.1, -0.05) is 42.5 Å². The molecule has 1 N–H and O–H groups in total. The van der Waals surface area contributed by atoms with E-state index in [0.29, 0.717) is 12.2 Å². The van der Waals surface area contributed by atoms with Gasteiger partial charge in [-0.3, -0.25) is 9.69 Å². The van der Waals surface area contributed by atoms with Gasteiger partial charge in [-0.2, -0.15) is 0 Å². The number of hydrogen-bond acceptors (Lipinski definition) is 4. The molecule has 0 atom stereocenters. The number of nitrogens with zero attached hydrogens (tertiary/aromatic N) is 2. The highest BCUT2D eigenvalue weighted by molar-refractivity contribution is 5.76. The highest BCUT2D eigenvalue weighted by atomic mass is 16.5. The summed E-state index contributed by atoms with van der Waals surface area (Å²) in [6, 6.07) is 17.2. The topological polar surface area (TPSA) is 53.0 Å². The van der Waals surface area contributed by atoms with Gasteiger partial charge in [-0.15, -0.1) is 0 Å². The largest absolute Gasteiger partial charge is 0.504 e. The molecule has 1 saturated heterocycles. The van der Waals surface area contributed by atoms with Gasteiger partial charge in [0.15, 0.2) is 11.5 Å². The molecule has 0 bridgehead atoms. The molecule has 1 aliphatic rings. The molecule has 3 rings (SSSR count). The second-order valence-corrected chi connectivity index (χ2v) is 6.21. The standard InChI is InChI=1S/C20H24N2O3/c23-18-8-4-5-9-19(18)25-15-10-20(24)22-13-11-21(12-14-22)16-17-6-2-1-3-7-17/h1-9,23H,10-16H2. The third-order valence-electron chi connectivity index (χ3n) is 4.41. The zero-order chi connectivity index (χ0) is 17.5. The number of carbonyl (C=O) groups excluding carboxylic acids is 1. The molecule has 0 saturated carbocycles. The van der Waals surface area contributed by atoms with Gasteiger partial charge in [0, 0.05) is 32.7 Å². The van der Waals surface area contributed by atoms with Crippen molar-refractivity contribution in [2.45, 2.75) is 13.0 Å². The average molecular weight is 340 g/mol. The second-order valence-electron chi connectivity index (χ2n) is 6.21. The number of benzene rings is 2. The van der Waals surface area contributed by atoms with Crippen LogP contribution < -0.4 is 4.74 Å². The van der Waals surface area contributed by atoms with Crippen LogP contribution in [0, 0.1) is 0 Å². The van der Waals surface area contributed by atoms with Crippen LogP contribution in [0.15, 0.2) is 54.6 Å². The molecular weight excluding hydrogens is 316 g/mol. The van der Waals surface area contributed by atoms with Gasteiger partial charge in [-0.25, -0.2) is 0 Å². The summed E-state index contributed by atoms with van der Waals surface area (Å²) in [7, 11) is 0. The summed E-state index contributed by atoms with van der Waals surface area (Å²) in [5.74, 6) is 0.627. The molecule has 5 heteroatoms. The summed E-state index contributed by atoms with van der Waals surface area (Å²) in [6.07, 6.45) is 0.326. The summed E-state index contributed by atoms with van der Waals surface area (Å²) in [6.45, 7) is 4.49. The van der Waals surface area contributed by atoms with E-state index in [4.69, 9.17) is 4.74 Å². The minimum absolute atomic E-state index is 0.101. The first-order valence-electron chi connectivity index (χ1n) is 8.67. The Bertz CT molecular complexity index is 682. The van der Waals surface area contributed by atoms with Crippen LogP contribution in [0.25, 0.3) is 0 Å². The van der Waals surface area contributed by atoms with Gasteiger partial charge in [0.05, 0.1) is 13.0 Å². The van der Waals surface area contributed by atoms with Crippen molar-refractivity contribution in [3.05, 3.63) is 60.2 Å². The third kappa shape index (κ3) is 4.97. The Morgan fingerprint density at radius 1 is 0.960 bits per heavy atom. The lowest BCUT2D eigenvalue weighted by atomic mass is 10.2. The molecule has 2 aromatic rings. The van der Waals surface area contributed by atoms with E-state index < -0.39 is 0 Å². The predicted octanol–water partition coefficient (Wildman–Crippen LogP) is 2.51. The van der Waals surface area contributed by atoms with Crippen molar-refractivity contribution in [3.8, 4) is 11.5 Å². The number of amides is 1. The monoisotopic (exact) mass is 340 g/mol. The molecule has 2 aromatic carbocycles. The van der Waals surface area contributed by atoms with Gasteiger partial charge in [0.2, 0.25) is 5.91 Å². The number of para-hydroxylation sites is 2. The maximum Gasteiger partial charge on any atom is 0.226 e. The SMILES string of the molecule is O=C(CCOc1ccccc1O)N1CCN(Cc2ccccc2)CC1. The average Bonchev–Trinajstić information content (AvgIpc) is 2.65. The zero-order valence-corrected chi connectivity index (χ0v) is 14.3. The molecular formula is C20H24N2O3. The highest BCUT2D eigenvalue weighted by Crippen LogP contribution is 2.24. The zero-order valence-electron chi connectivity index (χ0n) is 14.3. The van der Waals surface area contributed by atoms with Gasteiger partial charge < -0.3 is 14.7 Å². The molecule has 1 fully saturated rings. The number of aromatic hydroxyl groups is 1. The van der Waals surface area contributed by atoms with Crippen molar-refractivity contribution in [3.63, 3.8) is 0 Å². The molecule has 0 aromatic heterocycles. The molecule has 1 amide bonds. The fraction of sp³-hybridized carbons (Fsp3) is 0.350. The van der Waals surface area contributed by atoms with Crippen molar-refractivity contribution < 1.29 is 14.6 Å². The lowest BCUT2D eigenvalue weighted by Gasteiger charge is -2.34. The van der Waals surface area contributed by atoms with Gasteiger partial charge in [0.25, 0.3) is 0 Å². The lowest BCUT2D eigenvalue weighted by Crippen LogP contribution is -2.48. The van der Waals surface area contributed by atoms with Crippen LogP contribution in [0.4, 0.5) is 0 Å². The summed E-state index contributed by atoms with van der Waals surface area (Å²) in [4.78, 5) is 16.6.